The summed E-state index contributed by atoms with van der Waals surface area (Å²) in [7, 11) is -10.8. The fraction of sp³-hybridized carbons (Fsp3) is 0.600. The van der Waals surface area contributed by atoms with Crippen LogP contribution >= 0.6 is 15.6 Å². The minimum Gasteiger partial charge on any atom is -0.388 e. The predicted octanol–water partition coefficient (Wildman–Crippen LogP) is -3.82. The van der Waals surface area contributed by atoms with Crippen LogP contribution in [0, 0.1) is 0 Å². The number of phosphoric acid groups is 2. The van der Waals surface area contributed by atoms with E-state index in [9.17, 15) is 44.1 Å². The van der Waals surface area contributed by atoms with Gasteiger partial charge in [-0.15, -0.1) is 0 Å². The second-order valence-electron chi connectivity index (χ2n) is 7.42. The van der Waals surface area contributed by atoms with Crippen molar-refractivity contribution >= 4 is 68.5 Å². The third kappa shape index (κ3) is 7.80. The number of rotatable bonds is 12. The Morgan fingerprint density at radius 3 is 2.41 bits per heavy atom. The number of nitrogen functional groups attached to an aromatic ring is 1. The number of ether oxygens (including phenoxy) is 1. The Balaban J connectivity index is 0.00000481. The first-order chi connectivity index (χ1) is 16.8. The molecule has 1 fully saturated rings. The minimum absolute atomic E-state index is 0. The molecule has 3 heterocycles. The number of carbonyl (C=O) groups excluding carboxylic acids is 1. The fourth-order valence-corrected chi connectivity index (χ4v) is 5.17. The van der Waals surface area contributed by atoms with Gasteiger partial charge in [0.2, 0.25) is 0 Å². The van der Waals surface area contributed by atoms with Crippen molar-refractivity contribution < 1.29 is 67.3 Å². The average Bonchev–Trinajstić information content (AvgIpc) is 3.36. The maximum absolute atomic E-state index is 12.1. The molecule has 9 N–H and O–H groups in total. The normalized spacial score (nSPS) is 27.5. The molecule has 203 valence electrons. The Morgan fingerprint density at radius 2 is 1.76 bits per heavy atom. The van der Waals surface area contributed by atoms with Crippen LogP contribution in [-0.4, -0.2) is 141 Å². The Hall–Kier alpha value is -0.960. The zero-order valence-electron chi connectivity index (χ0n) is 18.9. The number of nitrogens with zero attached hydrogens (tertiary/aromatic N) is 4. The van der Waals surface area contributed by atoms with Crippen molar-refractivity contribution in [2.75, 3.05) is 18.9 Å². The van der Waals surface area contributed by atoms with Gasteiger partial charge in [0.1, 0.15) is 48.5 Å². The maximum atomic E-state index is 12.1. The van der Waals surface area contributed by atoms with Gasteiger partial charge in [0.15, 0.2) is 24.0 Å². The van der Waals surface area contributed by atoms with Crippen molar-refractivity contribution in [2.45, 2.75) is 42.9 Å². The molecule has 22 heteroatoms. The van der Waals surface area contributed by atoms with Crippen molar-refractivity contribution in [2.24, 2.45) is 0 Å². The van der Waals surface area contributed by atoms with Crippen LogP contribution in [0.1, 0.15) is 6.23 Å². The zero-order valence-corrected chi connectivity index (χ0v) is 22.7. The Kier molecular flexibility index (Phi) is 11.3. The van der Waals surface area contributed by atoms with Crippen LogP contribution in [0.3, 0.4) is 0 Å². The molecule has 0 amide bonds. The number of aliphatic hydroxyl groups excluding tert-OH is 5. The molecule has 37 heavy (non-hydrogen) atoms. The summed E-state index contributed by atoms with van der Waals surface area (Å²) < 4.78 is 43.5. The van der Waals surface area contributed by atoms with E-state index in [-0.39, 0.29) is 52.8 Å². The molecule has 1 aliphatic heterocycles. The van der Waals surface area contributed by atoms with Gasteiger partial charge in [-0.3, -0.25) is 13.6 Å². The number of carbonyl (C=O) groups is 1. The third-order valence-electron chi connectivity index (χ3n) is 4.90. The second-order valence-corrected chi connectivity index (χ2v) is 10.5. The number of anilines is 1. The van der Waals surface area contributed by atoms with Gasteiger partial charge in [-0.25, -0.2) is 24.1 Å². The molecule has 0 spiro atoms. The molecule has 0 bridgehead atoms. The van der Waals surface area contributed by atoms with E-state index in [1.807, 2.05) is 0 Å². The van der Waals surface area contributed by atoms with Crippen LogP contribution in [0.2, 0.25) is 0 Å². The van der Waals surface area contributed by atoms with Crippen molar-refractivity contribution in [1.29, 1.82) is 0 Å². The van der Waals surface area contributed by atoms with Gasteiger partial charge in [0.05, 0.1) is 19.5 Å². The van der Waals surface area contributed by atoms with Gasteiger partial charge in [-0.05, 0) is 0 Å². The summed E-state index contributed by atoms with van der Waals surface area (Å²) in [4.78, 5) is 41.4. The summed E-state index contributed by atoms with van der Waals surface area (Å²) in [5, 5.41) is 48.7. The number of hydrogen-bond donors (Lipinski definition) is 8. The second kappa shape index (κ2) is 12.9. The van der Waals surface area contributed by atoms with Gasteiger partial charge in [0.25, 0.3) is 0 Å². The average molecular weight is 582 g/mol. The van der Waals surface area contributed by atoms with Gasteiger partial charge in [-0.2, -0.15) is 4.31 Å². The summed E-state index contributed by atoms with van der Waals surface area (Å²) >= 11 is 0. The van der Waals surface area contributed by atoms with Crippen LogP contribution in [-0.2, 0) is 32.0 Å². The summed E-state index contributed by atoms with van der Waals surface area (Å²) in [6.45, 7) is -2.11. The molecule has 1 aliphatic rings. The van der Waals surface area contributed by atoms with E-state index >= 15 is 0 Å². The molecular formula is C15H23N5NaO14P2. The summed E-state index contributed by atoms with van der Waals surface area (Å²) in [5.74, 6) is 0.0441. The molecule has 19 nitrogen and oxygen atoms in total. The molecule has 2 aromatic rings. The zero-order chi connectivity index (χ0) is 26.8. The summed E-state index contributed by atoms with van der Waals surface area (Å²) in [6.07, 6.45) is -9.91. The number of hydrogen-bond acceptors (Lipinski definition) is 16. The summed E-state index contributed by atoms with van der Waals surface area (Å²) in [6, 6.07) is 0. The SMILES string of the molecule is Nc1ncnc2c1ncn2[C@@H]1O[C@H](COP(=O)(O)OP(=O)(O)OC[C@@H](O)[C@@H](O)[C@@H](O)C=O)[C@@H](O)[C@H]1O.[Na]. The van der Waals surface area contributed by atoms with Crippen LogP contribution < -0.4 is 5.73 Å². The number of phosphoric ester groups is 2. The molecule has 1 radical (unpaired) electrons. The molecular weight excluding hydrogens is 559 g/mol. The standard InChI is InChI=1S/C15H23N5O14P2.Na/c16-13-9-14(18-4-17-13)20(5-19-9)15-12(26)11(25)8(33-15)3-32-36(29,30)34-35(27,28)31-2-7(23)10(24)6(22)1-21;/h1,4-8,10-12,15,22-26H,2-3H2,(H,27,28)(H,29,30)(H2,16,17,18);/t6-,7+,8+,10-,11+,12+,15+;/m0./s1. The van der Waals surface area contributed by atoms with E-state index < -0.39 is 71.7 Å². The quantitative estimate of drug-likeness (QED) is 0.0675. The van der Waals surface area contributed by atoms with Crippen molar-refractivity contribution in [1.82, 2.24) is 19.5 Å². The van der Waals surface area contributed by atoms with Crippen LogP contribution in [0.25, 0.3) is 11.2 Å². The largest absolute Gasteiger partial charge is 0.481 e. The molecule has 2 unspecified atom stereocenters. The first kappa shape index (κ1) is 32.3. The maximum Gasteiger partial charge on any atom is 0.481 e. The summed E-state index contributed by atoms with van der Waals surface area (Å²) in [5.41, 5.74) is 6.04. The van der Waals surface area contributed by atoms with Crippen LogP contribution in [0.4, 0.5) is 5.82 Å². The molecule has 3 rings (SSSR count). The number of fused-ring (bicyclic) bond motifs is 1. The van der Waals surface area contributed by atoms with Crippen LogP contribution in [0.5, 0.6) is 0 Å². The van der Waals surface area contributed by atoms with Gasteiger partial charge >= 0.3 is 15.6 Å². The topological polar surface area (TPSA) is 299 Å². The first-order valence-electron chi connectivity index (χ1n) is 9.86. The minimum atomic E-state index is -5.39. The van der Waals surface area contributed by atoms with E-state index in [0.717, 1.165) is 6.33 Å². The van der Waals surface area contributed by atoms with Gasteiger partial charge in [0, 0.05) is 29.6 Å². The number of aldehydes is 1. The van der Waals surface area contributed by atoms with E-state index in [2.05, 4.69) is 28.3 Å². The van der Waals surface area contributed by atoms with Crippen LogP contribution in [0.15, 0.2) is 12.7 Å². The van der Waals surface area contributed by atoms with Gasteiger partial charge < -0.3 is 50.6 Å². The number of nitrogens with two attached hydrogens (primary N) is 1. The van der Waals surface area contributed by atoms with E-state index in [0.29, 0.717) is 0 Å². The molecule has 9 atom stereocenters. The van der Waals surface area contributed by atoms with E-state index in [1.165, 1.54) is 10.9 Å². The van der Waals surface area contributed by atoms with Crippen molar-refractivity contribution in [3.05, 3.63) is 12.7 Å². The van der Waals surface area contributed by atoms with E-state index in [1.54, 1.807) is 0 Å². The van der Waals surface area contributed by atoms with Gasteiger partial charge in [-0.1, -0.05) is 0 Å². The van der Waals surface area contributed by atoms with Crippen molar-refractivity contribution in [3.63, 3.8) is 0 Å². The molecule has 2 aromatic heterocycles. The third-order valence-corrected chi connectivity index (χ3v) is 7.50. The van der Waals surface area contributed by atoms with E-state index in [4.69, 9.17) is 15.6 Å². The number of imidazole rings is 1. The first-order valence-corrected chi connectivity index (χ1v) is 12.9. The monoisotopic (exact) mass is 582 g/mol. The number of aliphatic hydroxyl groups is 5. The Bertz CT molecular complexity index is 1170. The Labute approximate surface area is 229 Å². The molecule has 0 saturated carbocycles. The number of aromatic nitrogens is 4. The smallest absolute Gasteiger partial charge is 0.388 e. The van der Waals surface area contributed by atoms with Crippen molar-refractivity contribution in [3.8, 4) is 0 Å². The molecule has 1 saturated heterocycles. The molecule has 0 aliphatic carbocycles. The Morgan fingerprint density at radius 1 is 1.11 bits per heavy atom. The fourth-order valence-electron chi connectivity index (χ4n) is 3.08. The predicted molar refractivity (Wildman–Crippen MR) is 118 cm³/mol. The molecule has 0 aromatic carbocycles.